The predicted molar refractivity (Wildman–Crippen MR) is 78.9 cm³/mol. The van der Waals surface area contributed by atoms with Crippen LogP contribution in [0.3, 0.4) is 0 Å². The van der Waals surface area contributed by atoms with Gasteiger partial charge in [-0.3, -0.25) is 0 Å². The Morgan fingerprint density at radius 1 is 1.32 bits per heavy atom. The summed E-state index contributed by atoms with van der Waals surface area (Å²) in [6.45, 7) is 7.64. The van der Waals surface area contributed by atoms with Crippen LogP contribution in [-0.2, 0) is 0 Å². The van der Waals surface area contributed by atoms with E-state index in [9.17, 15) is 0 Å². The molecule has 1 N–H and O–H groups in total. The van der Waals surface area contributed by atoms with Crippen LogP contribution in [0.2, 0.25) is 0 Å². The van der Waals surface area contributed by atoms with Crippen molar-refractivity contribution in [2.45, 2.75) is 58.9 Å². The van der Waals surface area contributed by atoms with E-state index in [0.29, 0.717) is 6.04 Å². The van der Waals surface area contributed by atoms with E-state index < -0.39 is 0 Å². The van der Waals surface area contributed by atoms with E-state index in [-0.39, 0.29) is 0 Å². The Bertz CT molecular complexity index is 383. The van der Waals surface area contributed by atoms with Crippen molar-refractivity contribution in [1.29, 1.82) is 0 Å². The average Bonchev–Trinajstić information content (AvgIpc) is 2.41. The molecule has 3 heteroatoms. The highest BCUT2D eigenvalue weighted by molar-refractivity contribution is 5.09. The normalized spacial score (nSPS) is 25.2. The molecule has 1 atom stereocenters. The quantitative estimate of drug-likeness (QED) is 0.879. The van der Waals surface area contributed by atoms with Gasteiger partial charge in [-0.2, -0.15) is 0 Å². The van der Waals surface area contributed by atoms with Crippen LogP contribution < -0.4 is 5.32 Å². The second-order valence-corrected chi connectivity index (χ2v) is 5.98. The largest absolute Gasteiger partial charge is 0.308 e. The second kappa shape index (κ2) is 6.99. The van der Waals surface area contributed by atoms with Crippen molar-refractivity contribution < 1.29 is 0 Å². The molecule has 0 amide bonds. The lowest BCUT2D eigenvalue weighted by atomic mass is 9.78. The highest BCUT2D eigenvalue weighted by atomic mass is 15.0. The maximum absolute atomic E-state index is 4.65. The van der Waals surface area contributed by atoms with Crippen LogP contribution in [0.1, 0.15) is 63.5 Å². The summed E-state index contributed by atoms with van der Waals surface area (Å²) >= 11 is 0. The number of aryl methyl sites for hydroxylation is 1. The average molecular weight is 261 g/mol. The van der Waals surface area contributed by atoms with E-state index in [1.165, 1.54) is 37.8 Å². The molecule has 1 unspecified atom stereocenters. The fourth-order valence-corrected chi connectivity index (χ4v) is 3.08. The lowest BCUT2D eigenvalue weighted by Crippen LogP contribution is -2.32. The van der Waals surface area contributed by atoms with Crippen LogP contribution in [0.5, 0.6) is 0 Å². The zero-order valence-corrected chi connectivity index (χ0v) is 12.5. The van der Waals surface area contributed by atoms with E-state index in [1.807, 2.05) is 13.1 Å². The second-order valence-electron chi connectivity index (χ2n) is 5.98. The SMILES string of the molecule is CCCNC(c1ccnc(C)n1)C1CCC(C)CC1. The summed E-state index contributed by atoms with van der Waals surface area (Å²) in [5.41, 5.74) is 1.18. The van der Waals surface area contributed by atoms with Crippen LogP contribution in [0.15, 0.2) is 12.3 Å². The summed E-state index contributed by atoms with van der Waals surface area (Å²) in [7, 11) is 0. The molecule has 0 radical (unpaired) electrons. The van der Waals surface area contributed by atoms with Crippen molar-refractivity contribution >= 4 is 0 Å². The molecule has 1 aliphatic rings. The zero-order chi connectivity index (χ0) is 13.7. The Kier molecular flexibility index (Phi) is 5.32. The summed E-state index contributed by atoms with van der Waals surface area (Å²) in [6, 6.07) is 2.49. The van der Waals surface area contributed by atoms with Gasteiger partial charge < -0.3 is 5.32 Å². The molecule has 0 aliphatic heterocycles. The topological polar surface area (TPSA) is 37.8 Å². The van der Waals surface area contributed by atoms with Gasteiger partial charge in [0.25, 0.3) is 0 Å². The van der Waals surface area contributed by atoms with E-state index >= 15 is 0 Å². The molecular weight excluding hydrogens is 234 g/mol. The molecule has 1 saturated carbocycles. The number of hydrogen-bond donors (Lipinski definition) is 1. The Morgan fingerprint density at radius 2 is 2.05 bits per heavy atom. The van der Waals surface area contributed by atoms with E-state index in [2.05, 4.69) is 35.2 Å². The molecule has 1 aromatic heterocycles. The molecule has 1 aliphatic carbocycles. The molecule has 3 nitrogen and oxygen atoms in total. The van der Waals surface area contributed by atoms with Gasteiger partial charge in [-0.05, 0) is 50.6 Å². The maximum atomic E-state index is 4.65. The third-order valence-electron chi connectivity index (χ3n) is 4.26. The van der Waals surface area contributed by atoms with Gasteiger partial charge in [0, 0.05) is 6.20 Å². The lowest BCUT2D eigenvalue weighted by molar-refractivity contribution is 0.228. The number of rotatable bonds is 5. The van der Waals surface area contributed by atoms with Gasteiger partial charge >= 0.3 is 0 Å². The molecule has 0 bridgehead atoms. The first kappa shape index (κ1) is 14.4. The summed E-state index contributed by atoms with van der Waals surface area (Å²) < 4.78 is 0. The Morgan fingerprint density at radius 3 is 2.68 bits per heavy atom. The summed E-state index contributed by atoms with van der Waals surface area (Å²) in [6.07, 6.45) is 8.43. The van der Waals surface area contributed by atoms with Gasteiger partial charge in [0.15, 0.2) is 0 Å². The maximum Gasteiger partial charge on any atom is 0.125 e. The van der Waals surface area contributed by atoms with E-state index in [0.717, 1.165) is 24.2 Å². The van der Waals surface area contributed by atoms with Crippen molar-refractivity contribution in [3.63, 3.8) is 0 Å². The van der Waals surface area contributed by atoms with Crippen molar-refractivity contribution in [3.05, 3.63) is 23.8 Å². The highest BCUT2D eigenvalue weighted by Crippen LogP contribution is 2.36. The first-order valence-electron chi connectivity index (χ1n) is 7.73. The van der Waals surface area contributed by atoms with Crippen molar-refractivity contribution in [2.75, 3.05) is 6.54 Å². The van der Waals surface area contributed by atoms with Crippen LogP contribution in [0.4, 0.5) is 0 Å². The molecule has 1 fully saturated rings. The molecule has 0 spiro atoms. The van der Waals surface area contributed by atoms with E-state index in [4.69, 9.17) is 0 Å². The van der Waals surface area contributed by atoms with Gasteiger partial charge in [0.2, 0.25) is 0 Å². The number of nitrogens with one attached hydrogen (secondary N) is 1. The number of hydrogen-bond acceptors (Lipinski definition) is 3. The van der Waals surface area contributed by atoms with Crippen LogP contribution in [-0.4, -0.2) is 16.5 Å². The third kappa shape index (κ3) is 4.00. The van der Waals surface area contributed by atoms with Crippen LogP contribution in [0, 0.1) is 18.8 Å². The van der Waals surface area contributed by atoms with Gasteiger partial charge in [0.05, 0.1) is 11.7 Å². The number of aromatic nitrogens is 2. The summed E-state index contributed by atoms with van der Waals surface area (Å²) in [5.74, 6) is 2.51. The highest BCUT2D eigenvalue weighted by Gasteiger charge is 2.27. The predicted octanol–water partition coefficient (Wildman–Crippen LogP) is 3.65. The molecule has 0 saturated heterocycles. The minimum absolute atomic E-state index is 0.411. The first-order chi connectivity index (χ1) is 9.20. The van der Waals surface area contributed by atoms with Gasteiger partial charge in [0.1, 0.15) is 5.82 Å². The smallest absolute Gasteiger partial charge is 0.125 e. The molecule has 1 heterocycles. The number of nitrogens with zero attached hydrogens (tertiary/aromatic N) is 2. The van der Waals surface area contributed by atoms with E-state index in [1.54, 1.807) is 0 Å². The first-order valence-corrected chi connectivity index (χ1v) is 7.73. The summed E-state index contributed by atoms with van der Waals surface area (Å²) in [4.78, 5) is 8.87. The molecule has 1 aromatic rings. The van der Waals surface area contributed by atoms with Crippen molar-refractivity contribution in [1.82, 2.24) is 15.3 Å². The molecule has 106 valence electrons. The zero-order valence-electron chi connectivity index (χ0n) is 12.5. The lowest BCUT2D eigenvalue weighted by Gasteiger charge is -2.33. The molecule has 0 aromatic carbocycles. The fraction of sp³-hybridized carbons (Fsp3) is 0.750. The fourth-order valence-electron chi connectivity index (χ4n) is 3.08. The molecule has 2 rings (SSSR count). The van der Waals surface area contributed by atoms with Gasteiger partial charge in [-0.1, -0.05) is 26.7 Å². The Balaban J connectivity index is 2.11. The van der Waals surface area contributed by atoms with Crippen LogP contribution in [0.25, 0.3) is 0 Å². The molecular formula is C16H27N3. The van der Waals surface area contributed by atoms with Crippen LogP contribution >= 0.6 is 0 Å². The van der Waals surface area contributed by atoms with Crippen molar-refractivity contribution in [3.8, 4) is 0 Å². The minimum Gasteiger partial charge on any atom is -0.308 e. The van der Waals surface area contributed by atoms with Gasteiger partial charge in [-0.15, -0.1) is 0 Å². The third-order valence-corrected chi connectivity index (χ3v) is 4.26. The molecule has 19 heavy (non-hydrogen) atoms. The Hall–Kier alpha value is -0.960. The Labute approximate surface area is 117 Å². The monoisotopic (exact) mass is 261 g/mol. The standard InChI is InChI=1S/C16H27N3/c1-4-10-18-16(14-7-5-12(2)6-8-14)15-9-11-17-13(3)19-15/h9,11-12,14,16,18H,4-8,10H2,1-3H3. The summed E-state index contributed by atoms with van der Waals surface area (Å²) in [5, 5.41) is 3.71. The minimum atomic E-state index is 0.411. The van der Waals surface area contributed by atoms with Gasteiger partial charge in [-0.25, -0.2) is 9.97 Å². The van der Waals surface area contributed by atoms with Crippen molar-refractivity contribution in [2.24, 2.45) is 11.8 Å².